The fraction of sp³-hybridized carbons (Fsp3) is 0.238. The van der Waals surface area contributed by atoms with Crippen molar-refractivity contribution in [3.8, 4) is 34.3 Å². The molecule has 1 amide bonds. The maximum Gasteiger partial charge on any atom is 0.259 e. The van der Waals surface area contributed by atoms with E-state index in [-0.39, 0.29) is 5.91 Å². The molecule has 0 aliphatic heterocycles. The van der Waals surface area contributed by atoms with Gasteiger partial charge in [0.2, 0.25) is 0 Å². The summed E-state index contributed by atoms with van der Waals surface area (Å²) in [6.07, 6.45) is 0. The Kier molecular flexibility index (Phi) is 6.23. The highest BCUT2D eigenvalue weighted by Crippen LogP contribution is 2.36. The number of thiazole rings is 1. The fourth-order valence-corrected chi connectivity index (χ4v) is 3.59. The largest absolute Gasteiger partial charge is 0.497 e. The molecule has 0 spiro atoms. The number of carbonyl (C=O) groups is 1. The van der Waals surface area contributed by atoms with E-state index in [1.165, 1.54) is 23.3 Å². The van der Waals surface area contributed by atoms with Gasteiger partial charge in [0.15, 0.2) is 16.6 Å². The van der Waals surface area contributed by atoms with Crippen LogP contribution in [0.1, 0.15) is 10.4 Å². The first kappa shape index (κ1) is 20.5. The van der Waals surface area contributed by atoms with Crippen LogP contribution in [0.4, 0.5) is 5.13 Å². The smallest absolute Gasteiger partial charge is 0.259 e. The van der Waals surface area contributed by atoms with Crippen LogP contribution in [0.5, 0.6) is 23.0 Å². The zero-order chi connectivity index (χ0) is 21.0. The van der Waals surface area contributed by atoms with Crippen molar-refractivity contribution in [2.24, 2.45) is 0 Å². The molecule has 0 saturated carbocycles. The summed E-state index contributed by atoms with van der Waals surface area (Å²) < 4.78 is 21.3. The molecule has 1 heterocycles. The van der Waals surface area contributed by atoms with Gasteiger partial charge in [-0.1, -0.05) is 0 Å². The lowest BCUT2D eigenvalue weighted by Gasteiger charge is -2.15. The Hall–Kier alpha value is -3.26. The molecule has 2 aromatic carbocycles. The van der Waals surface area contributed by atoms with Gasteiger partial charge in [0.25, 0.3) is 5.91 Å². The number of methoxy groups -OCH3 is 4. The average molecular weight is 414 g/mol. The molecule has 0 saturated heterocycles. The van der Waals surface area contributed by atoms with E-state index in [4.69, 9.17) is 18.9 Å². The minimum atomic E-state index is -0.204. The average Bonchev–Trinajstić information content (AvgIpc) is 3.27. The van der Waals surface area contributed by atoms with Gasteiger partial charge < -0.3 is 18.9 Å². The van der Waals surface area contributed by atoms with Gasteiger partial charge in [-0.2, -0.15) is 0 Å². The third kappa shape index (κ3) is 4.12. The molecule has 0 aliphatic carbocycles. The van der Waals surface area contributed by atoms with Crippen molar-refractivity contribution in [2.45, 2.75) is 0 Å². The van der Waals surface area contributed by atoms with Crippen LogP contribution in [-0.2, 0) is 0 Å². The lowest BCUT2D eigenvalue weighted by molar-refractivity contribution is 0.0992. The summed E-state index contributed by atoms with van der Waals surface area (Å²) in [4.78, 5) is 19.1. The first-order valence-electron chi connectivity index (χ1n) is 8.70. The quantitative estimate of drug-likeness (QED) is 0.579. The van der Waals surface area contributed by atoms with Crippen LogP contribution in [0, 0.1) is 0 Å². The summed E-state index contributed by atoms with van der Waals surface area (Å²) in [6.45, 7) is 0. The Labute approximate surface area is 173 Å². The molecule has 3 rings (SSSR count). The van der Waals surface area contributed by atoms with Gasteiger partial charge in [-0.05, 0) is 36.4 Å². The van der Waals surface area contributed by atoms with Crippen molar-refractivity contribution in [3.63, 3.8) is 0 Å². The van der Waals surface area contributed by atoms with E-state index in [0.717, 1.165) is 5.56 Å². The molecule has 0 N–H and O–H groups in total. The second-order valence-electron chi connectivity index (χ2n) is 6.02. The van der Waals surface area contributed by atoms with Crippen LogP contribution in [-0.4, -0.2) is 46.4 Å². The standard InChI is InChI=1S/C21H22N2O5S/c1-23(20(24)13-6-8-18(27-4)19(10-13)28-5)21-22-16(12-29-21)15-11-14(25-2)7-9-17(15)26-3/h6-12H,1-5H3. The van der Waals surface area contributed by atoms with Crippen LogP contribution in [0.15, 0.2) is 41.8 Å². The number of rotatable bonds is 7. The third-order valence-corrected chi connectivity index (χ3v) is 5.31. The number of hydrogen-bond donors (Lipinski definition) is 0. The highest BCUT2D eigenvalue weighted by molar-refractivity contribution is 7.14. The molecule has 0 fully saturated rings. The summed E-state index contributed by atoms with van der Waals surface area (Å²) in [5, 5.41) is 2.44. The molecule has 1 aromatic heterocycles. The van der Waals surface area contributed by atoms with Gasteiger partial charge in [-0.3, -0.25) is 9.69 Å². The number of benzene rings is 2. The Bertz CT molecular complexity index is 1020. The Morgan fingerprint density at radius 2 is 1.59 bits per heavy atom. The van der Waals surface area contributed by atoms with Crippen LogP contribution in [0.3, 0.4) is 0 Å². The number of anilines is 1. The summed E-state index contributed by atoms with van der Waals surface area (Å²) in [5.41, 5.74) is 1.97. The Morgan fingerprint density at radius 3 is 2.24 bits per heavy atom. The summed E-state index contributed by atoms with van der Waals surface area (Å²) >= 11 is 1.37. The highest BCUT2D eigenvalue weighted by Gasteiger charge is 2.20. The monoisotopic (exact) mass is 414 g/mol. The summed E-state index contributed by atoms with van der Waals surface area (Å²) in [5.74, 6) is 2.23. The molecular weight excluding hydrogens is 392 g/mol. The Balaban J connectivity index is 1.90. The van der Waals surface area contributed by atoms with Crippen molar-refractivity contribution >= 4 is 22.4 Å². The molecular formula is C21H22N2O5S. The number of nitrogens with zero attached hydrogens (tertiary/aromatic N) is 2. The van der Waals surface area contributed by atoms with Crippen LogP contribution >= 0.6 is 11.3 Å². The second kappa shape index (κ2) is 8.83. The van der Waals surface area contributed by atoms with Crippen molar-refractivity contribution in [1.82, 2.24) is 4.98 Å². The molecule has 7 nitrogen and oxygen atoms in total. The van der Waals surface area contributed by atoms with Gasteiger partial charge in [0, 0.05) is 23.6 Å². The number of ether oxygens (including phenoxy) is 4. The van der Waals surface area contributed by atoms with E-state index in [0.29, 0.717) is 39.4 Å². The van der Waals surface area contributed by atoms with Crippen LogP contribution < -0.4 is 23.8 Å². The molecule has 0 unspecified atom stereocenters. The van der Waals surface area contributed by atoms with Gasteiger partial charge in [-0.15, -0.1) is 11.3 Å². The summed E-state index contributed by atoms with van der Waals surface area (Å²) in [6, 6.07) is 10.5. The molecule has 29 heavy (non-hydrogen) atoms. The fourth-order valence-electron chi connectivity index (χ4n) is 2.81. The zero-order valence-electron chi connectivity index (χ0n) is 16.9. The predicted octanol–water partition coefficient (Wildman–Crippen LogP) is 4.12. The second-order valence-corrected chi connectivity index (χ2v) is 6.85. The molecule has 0 atom stereocenters. The van der Waals surface area contributed by atoms with Crippen molar-refractivity contribution in [3.05, 3.63) is 47.3 Å². The maximum atomic E-state index is 12.9. The molecule has 152 valence electrons. The minimum absolute atomic E-state index is 0.204. The van der Waals surface area contributed by atoms with Crippen molar-refractivity contribution in [1.29, 1.82) is 0 Å². The number of hydrogen-bond acceptors (Lipinski definition) is 7. The van der Waals surface area contributed by atoms with Crippen LogP contribution in [0.25, 0.3) is 11.3 Å². The van der Waals surface area contributed by atoms with Gasteiger partial charge in [-0.25, -0.2) is 4.98 Å². The Morgan fingerprint density at radius 1 is 0.897 bits per heavy atom. The minimum Gasteiger partial charge on any atom is -0.497 e. The van der Waals surface area contributed by atoms with E-state index in [1.54, 1.807) is 46.6 Å². The van der Waals surface area contributed by atoms with Gasteiger partial charge >= 0.3 is 0 Å². The first-order valence-corrected chi connectivity index (χ1v) is 9.58. The maximum absolute atomic E-state index is 12.9. The van der Waals surface area contributed by atoms with Gasteiger partial charge in [0.1, 0.15) is 11.5 Å². The lowest BCUT2D eigenvalue weighted by Crippen LogP contribution is -2.26. The van der Waals surface area contributed by atoms with Crippen molar-refractivity contribution in [2.75, 3.05) is 40.4 Å². The number of carbonyl (C=O) groups excluding carboxylic acids is 1. The first-order chi connectivity index (χ1) is 14.0. The normalized spacial score (nSPS) is 10.4. The number of amides is 1. The number of aromatic nitrogens is 1. The van der Waals surface area contributed by atoms with E-state index in [2.05, 4.69) is 4.98 Å². The molecule has 0 radical (unpaired) electrons. The molecule has 0 bridgehead atoms. The lowest BCUT2D eigenvalue weighted by atomic mass is 10.1. The zero-order valence-corrected chi connectivity index (χ0v) is 17.7. The topological polar surface area (TPSA) is 70.1 Å². The highest BCUT2D eigenvalue weighted by atomic mass is 32.1. The molecule has 8 heteroatoms. The predicted molar refractivity (Wildman–Crippen MR) is 113 cm³/mol. The molecule has 3 aromatic rings. The van der Waals surface area contributed by atoms with Crippen molar-refractivity contribution < 1.29 is 23.7 Å². The molecule has 0 aliphatic rings. The van der Waals surface area contributed by atoms with E-state index in [1.807, 2.05) is 23.6 Å². The van der Waals surface area contributed by atoms with E-state index in [9.17, 15) is 4.79 Å². The summed E-state index contributed by atoms with van der Waals surface area (Å²) in [7, 11) is 7.98. The van der Waals surface area contributed by atoms with E-state index < -0.39 is 0 Å². The van der Waals surface area contributed by atoms with E-state index >= 15 is 0 Å². The SMILES string of the molecule is COc1ccc(OC)c(-c2csc(N(C)C(=O)c3ccc(OC)c(OC)c3)n2)c1. The van der Waals surface area contributed by atoms with Crippen LogP contribution in [0.2, 0.25) is 0 Å². The third-order valence-electron chi connectivity index (χ3n) is 4.40. The van der Waals surface area contributed by atoms with Gasteiger partial charge in [0.05, 0.1) is 34.1 Å².